The average Bonchev–Trinajstić information content (AvgIpc) is 3.13. The molecule has 3 N–H and O–H groups in total. The third-order valence-corrected chi connectivity index (χ3v) is 8.75. The molecule has 1 aliphatic heterocycles. The van der Waals surface area contributed by atoms with Crippen LogP contribution in [-0.4, -0.2) is 23.7 Å². The quantitative estimate of drug-likeness (QED) is 0.115. The van der Waals surface area contributed by atoms with Crippen LogP contribution in [0, 0.1) is 0 Å². The molecule has 6 aromatic rings. The lowest BCUT2D eigenvalue weighted by Gasteiger charge is -2.47. The average molecular weight is 603 g/mol. The fourth-order valence-corrected chi connectivity index (χ4v) is 6.43. The highest BCUT2D eigenvalue weighted by Gasteiger charge is 2.48. The van der Waals surface area contributed by atoms with Crippen molar-refractivity contribution in [1.29, 1.82) is 0 Å². The number of phenolic OH excluding ortho intramolecular Hbond substituents is 1. The van der Waals surface area contributed by atoms with Crippen LogP contribution in [0.2, 0.25) is 0 Å². The molecule has 1 atom stereocenters. The Hall–Kier alpha value is -5.65. The largest absolute Gasteiger partial charge is 0.505 e. The van der Waals surface area contributed by atoms with Crippen LogP contribution in [0.25, 0.3) is 0 Å². The van der Waals surface area contributed by atoms with Crippen LogP contribution in [0.5, 0.6) is 11.5 Å². The molecule has 226 valence electrons. The molecule has 7 rings (SSSR count). The molecule has 1 aliphatic rings. The van der Waals surface area contributed by atoms with Gasteiger partial charge in [-0.1, -0.05) is 152 Å². The second-order valence-electron chi connectivity index (χ2n) is 11.5. The minimum atomic E-state index is -0.973. The van der Waals surface area contributed by atoms with Crippen LogP contribution in [0.1, 0.15) is 44.1 Å². The summed E-state index contributed by atoms with van der Waals surface area (Å²) in [5.41, 5.74) is 4.37. The van der Waals surface area contributed by atoms with Gasteiger partial charge in [-0.05, 0) is 34.4 Å². The Labute approximate surface area is 269 Å². The maximum atomic E-state index is 13.5. The molecule has 0 spiro atoms. The summed E-state index contributed by atoms with van der Waals surface area (Å²) >= 11 is 0. The van der Waals surface area contributed by atoms with Crippen LogP contribution in [-0.2, 0) is 5.54 Å². The van der Waals surface area contributed by atoms with Crippen LogP contribution in [0.3, 0.4) is 0 Å². The number of benzene rings is 6. The molecule has 0 saturated carbocycles. The molecule has 5 nitrogen and oxygen atoms in total. The van der Waals surface area contributed by atoms with E-state index in [1.807, 2.05) is 66.7 Å². The summed E-state index contributed by atoms with van der Waals surface area (Å²) in [6.07, 6.45) is -0.602. The van der Waals surface area contributed by atoms with Gasteiger partial charge in [0.2, 0.25) is 0 Å². The maximum absolute atomic E-state index is 13.5. The summed E-state index contributed by atoms with van der Waals surface area (Å²) in [5.74, 6) is 0.100. The van der Waals surface area contributed by atoms with E-state index in [0.29, 0.717) is 23.5 Å². The van der Waals surface area contributed by atoms with Gasteiger partial charge in [0.25, 0.3) is 0 Å². The summed E-state index contributed by atoms with van der Waals surface area (Å²) < 4.78 is 6.86. The number of phenols is 1. The molecule has 0 bridgehead atoms. The first-order chi connectivity index (χ1) is 22.6. The Morgan fingerprint density at radius 2 is 1.15 bits per heavy atom. The molecule has 0 fully saturated rings. The predicted octanol–water partition coefficient (Wildman–Crippen LogP) is 8.12. The van der Waals surface area contributed by atoms with E-state index in [9.17, 15) is 9.90 Å². The van der Waals surface area contributed by atoms with Gasteiger partial charge in [-0.25, -0.2) is 0 Å². The van der Waals surface area contributed by atoms with Crippen molar-refractivity contribution in [2.75, 3.05) is 11.9 Å². The van der Waals surface area contributed by atoms with Gasteiger partial charge in [0, 0.05) is 18.0 Å². The second kappa shape index (κ2) is 12.8. The van der Waals surface area contributed by atoms with Gasteiger partial charge < -0.3 is 15.2 Å². The number of ketones is 1. The predicted molar refractivity (Wildman–Crippen MR) is 182 cm³/mol. The number of hydrogen-bond donors (Lipinski definition) is 3. The van der Waals surface area contributed by atoms with Gasteiger partial charge in [-0.15, -0.1) is 0 Å². The minimum Gasteiger partial charge on any atom is -0.505 e. The summed E-state index contributed by atoms with van der Waals surface area (Å²) in [4.78, 5) is 13.5. The lowest BCUT2D eigenvalue weighted by Crippen LogP contribution is -2.60. The molecule has 1 heterocycles. The Morgan fingerprint density at radius 3 is 1.67 bits per heavy atom. The van der Waals surface area contributed by atoms with E-state index < -0.39 is 11.8 Å². The third-order valence-electron chi connectivity index (χ3n) is 8.75. The van der Waals surface area contributed by atoms with E-state index in [4.69, 9.17) is 4.74 Å². The molecule has 0 radical (unpaired) electrons. The standard InChI is InChI=1S/C41H34N2O3/c44-38(31-20-10-3-11-21-31)34-26-27-36-37(39(34)45)43-41(32-22-12-4-13-23-32,33-24-14-5-15-25-33)40(46-36)42-28-35(29-16-6-1-7-17-29)30-18-8-2-9-19-30/h1-27,35,40,42-43,45H,28H2. The summed E-state index contributed by atoms with van der Waals surface area (Å²) in [5, 5.41) is 19.2. The van der Waals surface area contributed by atoms with E-state index in [-0.39, 0.29) is 23.0 Å². The van der Waals surface area contributed by atoms with Crippen molar-refractivity contribution < 1.29 is 14.6 Å². The van der Waals surface area contributed by atoms with Crippen molar-refractivity contribution in [1.82, 2.24) is 5.32 Å². The molecule has 1 unspecified atom stereocenters. The number of aromatic hydroxyl groups is 1. The minimum absolute atomic E-state index is 0.0518. The molecular weight excluding hydrogens is 568 g/mol. The number of nitrogens with one attached hydrogen (secondary N) is 2. The molecule has 6 aromatic carbocycles. The highest BCUT2D eigenvalue weighted by atomic mass is 16.5. The van der Waals surface area contributed by atoms with Gasteiger partial charge >= 0.3 is 0 Å². The number of fused-ring (bicyclic) bond motifs is 1. The maximum Gasteiger partial charge on any atom is 0.196 e. The molecule has 5 heteroatoms. The van der Waals surface area contributed by atoms with Gasteiger partial charge in [0.1, 0.15) is 17.0 Å². The van der Waals surface area contributed by atoms with Crippen molar-refractivity contribution in [3.05, 3.63) is 197 Å². The van der Waals surface area contributed by atoms with E-state index in [1.54, 1.807) is 24.3 Å². The Balaban J connectivity index is 1.35. The normalized spacial score (nSPS) is 14.9. The molecular formula is C41H34N2O3. The second-order valence-corrected chi connectivity index (χ2v) is 11.5. The molecule has 0 aromatic heterocycles. The zero-order valence-electron chi connectivity index (χ0n) is 25.2. The first-order valence-electron chi connectivity index (χ1n) is 15.5. The zero-order valence-corrected chi connectivity index (χ0v) is 25.2. The van der Waals surface area contributed by atoms with Crippen LogP contribution < -0.4 is 15.4 Å². The fraction of sp³-hybridized carbons (Fsp3) is 0.0976. The van der Waals surface area contributed by atoms with E-state index in [0.717, 1.165) is 11.1 Å². The third kappa shape index (κ3) is 5.42. The van der Waals surface area contributed by atoms with Gasteiger partial charge in [-0.3, -0.25) is 10.1 Å². The first-order valence-corrected chi connectivity index (χ1v) is 15.5. The lowest BCUT2D eigenvalue weighted by molar-refractivity contribution is 0.0944. The highest BCUT2D eigenvalue weighted by molar-refractivity contribution is 6.12. The van der Waals surface area contributed by atoms with Crippen molar-refractivity contribution >= 4 is 11.5 Å². The molecule has 0 amide bonds. The molecule has 0 saturated heterocycles. The smallest absolute Gasteiger partial charge is 0.196 e. The van der Waals surface area contributed by atoms with Crippen molar-refractivity contribution in [3.8, 4) is 11.5 Å². The van der Waals surface area contributed by atoms with Crippen LogP contribution in [0.15, 0.2) is 164 Å². The Kier molecular flexibility index (Phi) is 8.07. The summed E-state index contributed by atoms with van der Waals surface area (Å²) in [6.45, 7) is 0.577. The van der Waals surface area contributed by atoms with E-state index in [2.05, 4.69) is 83.4 Å². The van der Waals surface area contributed by atoms with Gasteiger partial charge in [0.05, 0.1) is 5.56 Å². The van der Waals surface area contributed by atoms with Crippen LogP contribution in [0.4, 0.5) is 5.69 Å². The highest BCUT2D eigenvalue weighted by Crippen LogP contribution is 2.49. The van der Waals surface area contributed by atoms with Gasteiger partial charge in [-0.2, -0.15) is 0 Å². The number of rotatable bonds is 9. The number of carbonyl (C=O) groups is 1. The fourth-order valence-electron chi connectivity index (χ4n) is 6.43. The summed E-state index contributed by atoms with van der Waals surface area (Å²) in [7, 11) is 0. The van der Waals surface area contributed by atoms with Gasteiger partial charge in [0.15, 0.2) is 17.8 Å². The van der Waals surface area contributed by atoms with E-state index in [1.165, 1.54) is 11.1 Å². The Bertz CT molecular complexity index is 1840. The summed E-state index contributed by atoms with van der Waals surface area (Å²) in [6, 6.07) is 53.5. The monoisotopic (exact) mass is 602 g/mol. The van der Waals surface area contributed by atoms with Crippen molar-refractivity contribution in [2.24, 2.45) is 0 Å². The topological polar surface area (TPSA) is 70.6 Å². The molecule has 46 heavy (non-hydrogen) atoms. The lowest BCUT2D eigenvalue weighted by atomic mass is 9.79. The van der Waals surface area contributed by atoms with Crippen LogP contribution >= 0.6 is 0 Å². The van der Waals surface area contributed by atoms with E-state index >= 15 is 0 Å². The number of carbonyl (C=O) groups excluding carboxylic acids is 1. The van der Waals surface area contributed by atoms with Crippen molar-refractivity contribution in [2.45, 2.75) is 17.7 Å². The van der Waals surface area contributed by atoms with Crippen molar-refractivity contribution in [3.63, 3.8) is 0 Å². The number of anilines is 1. The number of ether oxygens (including phenoxy) is 1. The number of hydrogen-bond acceptors (Lipinski definition) is 5. The SMILES string of the molecule is O=C(c1ccccc1)c1ccc2c(c1O)NC(c1ccccc1)(c1ccccc1)C(NCC(c1ccccc1)c1ccccc1)O2. The zero-order chi connectivity index (χ0) is 31.3. The Morgan fingerprint density at radius 1 is 0.674 bits per heavy atom. The first kappa shape index (κ1) is 29.1. The molecule has 0 aliphatic carbocycles.